The van der Waals surface area contributed by atoms with Crippen LogP contribution in [-0.2, 0) is 4.74 Å². The van der Waals surface area contributed by atoms with Gasteiger partial charge in [0.2, 0.25) is 0 Å². The molecule has 0 unspecified atom stereocenters. The quantitative estimate of drug-likeness (QED) is 0.710. The van der Waals surface area contributed by atoms with Gasteiger partial charge in [-0.1, -0.05) is 26.7 Å². The van der Waals surface area contributed by atoms with Gasteiger partial charge in [-0.15, -0.1) is 0 Å². The molecule has 1 aliphatic carbocycles. The van der Waals surface area contributed by atoms with Crippen LogP contribution in [0.3, 0.4) is 0 Å². The standard InChI is InChI=1S/C11H23NO/c1-4-13-11(7-5-6-8-11)9-12-10(2)3/h10,12H,4-9H2,1-3H3. The van der Waals surface area contributed by atoms with Crippen molar-refractivity contribution >= 4 is 0 Å². The Bertz CT molecular complexity index is 139. The first kappa shape index (κ1) is 11.0. The first-order valence-electron chi connectivity index (χ1n) is 5.56. The Morgan fingerprint density at radius 2 is 1.92 bits per heavy atom. The molecule has 0 aliphatic heterocycles. The van der Waals surface area contributed by atoms with E-state index in [1.165, 1.54) is 25.7 Å². The summed E-state index contributed by atoms with van der Waals surface area (Å²) in [6.45, 7) is 8.34. The average molecular weight is 185 g/mol. The lowest BCUT2D eigenvalue weighted by Crippen LogP contribution is -2.43. The summed E-state index contributed by atoms with van der Waals surface area (Å²) < 4.78 is 5.88. The van der Waals surface area contributed by atoms with Gasteiger partial charge < -0.3 is 10.1 Å². The maximum Gasteiger partial charge on any atom is 0.0806 e. The van der Waals surface area contributed by atoms with Gasteiger partial charge in [-0.2, -0.15) is 0 Å². The maximum atomic E-state index is 5.88. The molecule has 0 bridgehead atoms. The molecule has 1 N–H and O–H groups in total. The maximum absolute atomic E-state index is 5.88. The van der Waals surface area contributed by atoms with Crippen LogP contribution in [0.15, 0.2) is 0 Å². The summed E-state index contributed by atoms with van der Waals surface area (Å²) in [7, 11) is 0. The van der Waals surface area contributed by atoms with Crippen LogP contribution in [0, 0.1) is 0 Å². The molecule has 2 heteroatoms. The lowest BCUT2D eigenvalue weighted by Gasteiger charge is -2.30. The van der Waals surface area contributed by atoms with Gasteiger partial charge in [0.1, 0.15) is 0 Å². The molecule has 0 spiro atoms. The molecule has 2 nitrogen and oxygen atoms in total. The van der Waals surface area contributed by atoms with Gasteiger partial charge in [-0.25, -0.2) is 0 Å². The molecule has 1 rings (SSSR count). The van der Waals surface area contributed by atoms with E-state index < -0.39 is 0 Å². The molecule has 78 valence electrons. The van der Waals surface area contributed by atoms with Gasteiger partial charge >= 0.3 is 0 Å². The van der Waals surface area contributed by atoms with Crippen molar-refractivity contribution in [1.29, 1.82) is 0 Å². The third-order valence-electron chi connectivity index (χ3n) is 2.80. The number of hydrogen-bond acceptors (Lipinski definition) is 2. The average Bonchev–Trinajstić information content (AvgIpc) is 2.51. The highest BCUT2D eigenvalue weighted by Gasteiger charge is 2.33. The molecular weight excluding hydrogens is 162 g/mol. The fourth-order valence-electron chi connectivity index (χ4n) is 2.09. The minimum absolute atomic E-state index is 0.166. The summed E-state index contributed by atoms with van der Waals surface area (Å²) in [5.74, 6) is 0. The minimum atomic E-state index is 0.166. The van der Waals surface area contributed by atoms with Crippen molar-refractivity contribution in [3.05, 3.63) is 0 Å². The Morgan fingerprint density at radius 1 is 1.31 bits per heavy atom. The molecule has 0 aromatic carbocycles. The van der Waals surface area contributed by atoms with Crippen molar-refractivity contribution in [2.75, 3.05) is 13.2 Å². The van der Waals surface area contributed by atoms with Gasteiger partial charge in [0, 0.05) is 19.2 Å². The van der Waals surface area contributed by atoms with Crippen molar-refractivity contribution in [3.63, 3.8) is 0 Å². The van der Waals surface area contributed by atoms with E-state index in [0.29, 0.717) is 6.04 Å². The van der Waals surface area contributed by atoms with E-state index in [-0.39, 0.29) is 5.60 Å². The van der Waals surface area contributed by atoms with Gasteiger partial charge in [-0.3, -0.25) is 0 Å². The number of rotatable bonds is 5. The summed E-state index contributed by atoms with van der Waals surface area (Å²) in [5, 5.41) is 3.49. The van der Waals surface area contributed by atoms with Crippen LogP contribution < -0.4 is 5.32 Å². The fourth-order valence-corrected chi connectivity index (χ4v) is 2.09. The molecule has 0 aromatic rings. The number of hydrogen-bond donors (Lipinski definition) is 1. The molecule has 1 aliphatic rings. The number of ether oxygens (including phenoxy) is 1. The second-order valence-electron chi connectivity index (χ2n) is 4.36. The smallest absolute Gasteiger partial charge is 0.0806 e. The molecule has 0 heterocycles. The van der Waals surface area contributed by atoms with Crippen molar-refractivity contribution < 1.29 is 4.74 Å². The lowest BCUT2D eigenvalue weighted by molar-refractivity contribution is -0.0337. The Balaban J connectivity index is 2.37. The summed E-state index contributed by atoms with van der Waals surface area (Å²) in [5.41, 5.74) is 0.166. The monoisotopic (exact) mass is 185 g/mol. The molecule has 0 aromatic heterocycles. The van der Waals surface area contributed by atoms with E-state index in [1.807, 2.05) is 0 Å². The van der Waals surface area contributed by atoms with Crippen molar-refractivity contribution in [3.8, 4) is 0 Å². The summed E-state index contributed by atoms with van der Waals surface area (Å²) in [6.07, 6.45) is 5.14. The molecule has 0 radical (unpaired) electrons. The zero-order valence-electron chi connectivity index (χ0n) is 9.23. The van der Waals surface area contributed by atoms with Gasteiger partial charge in [-0.05, 0) is 19.8 Å². The molecule has 1 saturated carbocycles. The molecule has 0 atom stereocenters. The van der Waals surface area contributed by atoms with E-state index in [0.717, 1.165) is 13.2 Å². The lowest BCUT2D eigenvalue weighted by atomic mass is 10.0. The Hall–Kier alpha value is -0.0800. The fraction of sp³-hybridized carbons (Fsp3) is 1.00. The normalized spacial score (nSPS) is 21.2. The van der Waals surface area contributed by atoms with E-state index in [1.54, 1.807) is 0 Å². The third kappa shape index (κ3) is 3.28. The van der Waals surface area contributed by atoms with Crippen molar-refractivity contribution in [2.45, 2.75) is 58.1 Å². The van der Waals surface area contributed by atoms with Crippen molar-refractivity contribution in [1.82, 2.24) is 5.32 Å². The zero-order valence-corrected chi connectivity index (χ0v) is 9.23. The highest BCUT2D eigenvalue weighted by atomic mass is 16.5. The van der Waals surface area contributed by atoms with Crippen LogP contribution in [0.1, 0.15) is 46.5 Å². The SMILES string of the molecule is CCOC1(CNC(C)C)CCCC1. The van der Waals surface area contributed by atoms with Crippen LogP contribution in [-0.4, -0.2) is 24.8 Å². The van der Waals surface area contributed by atoms with Crippen LogP contribution in [0.2, 0.25) is 0 Å². The van der Waals surface area contributed by atoms with Crippen molar-refractivity contribution in [2.24, 2.45) is 0 Å². The molecule has 0 amide bonds. The molecular formula is C11H23NO. The Morgan fingerprint density at radius 3 is 2.38 bits per heavy atom. The molecule has 13 heavy (non-hydrogen) atoms. The summed E-state index contributed by atoms with van der Waals surface area (Å²) in [6, 6.07) is 0.568. The zero-order chi connectivity index (χ0) is 9.73. The highest BCUT2D eigenvalue weighted by molar-refractivity contribution is 4.88. The topological polar surface area (TPSA) is 21.3 Å². The van der Waals surface area contributed by atoms with Gasteiger partial charge in [0.05, 0.1) is 5.60 Å². The van der Waals surface area contributed by atoms with Crippen LogP contribution in [0.4, 0.5) is 0 Å². The van der Waals surface area contributed by atoms with Crippen LogP contribution >= 0.6 is 0 Å². The predicted molar refractivity (Wildman–Crippen MR) is 56.0 cm³/mol. The summed E-state index contributed by atoms with van der Waals surface area (Å²) in [4.78, 5) is 0. The second kappa shape index (κ2) is 4.97. The Labute approximate surface area is 82.0 Å². The Kier molecular flexibility index (Phi) is 4.20. The van der Waals surface area contributed by atoms with E-state index >= 15 is 0 Å². The van der Waals surface area contributed by atoms with Crippen LogP contribution in [0.25, 0.3) is 0 Å². The molecule has 0 saturated heterocycles. The van der Waals surface area contributed by atoms with Gasteiger partial charge in [0.15, 0.2) is 0 Å². The minimum Gasteiger partial charge on any atom is -0.374 e. The third-order valence-corrected chi connectivity index (χ3v) is 2.80. The largest absolute Gasteiger partial charge is 0.374 e. The van der Waals surface area contributed by atoms with E-state index in [9.17, 15) is 0 Å². The highest BCUT2D eigenvalue weighted by Crippen LogP contribution is 2.32. The first-order chi connectivity index (χ1) is 6.18. The van der Waals surface area contributed by atoms with E-state index in [4.69, 9.17) is 4.74 Å². The van der Waals surface area contributed by atoms with Crippen LogP contribution in [0.5, 0.6) is 0 Å². The van der Waals surface area contributed by atoms with E-state index in [2.05, 4.69) is 26.1 Å². The van der Waals surface area contributed by atoms with Gasteiger partial charge in [0.25, 0.3) is 0 Å². The predicted octanol–water partition coefficient (Wildman–Crippen LogP) is 2.33. The second-order valence-corrected chi connectivity index (χ2v) is 4.36. The first-order valence-corrected chi connectivity index (χ1v) is 5.56. The molecule has 1 fully saturated rings. The number of nitrogens with one attached hydrogen (secondary N) is 1. The summed E-state index contributed by atoms with van der Waals surface area (Å²) >= 11 is 0.